The van der Waals surface area contributed by atoms with E-state index in [4.69, 9.17) is 14.7 Å². The summed E-state index contributed by atoms with van der Waals surface area (Å²) in [6.07, 6.45) is 0. The van der Waals surface area contributed by atoms with Crippen molar-refractivity contribution in [3.05, 3.63) is 88.6 Å². The van der Waals surface area contributed by atoms with Crippen molar-refractivity contribution in [2.24, 2.45) is 0 Å². The topological polar surface area (TPSA) is 64.1 Å². The Hall–Kier alpha value is -3.55. The van der Waals surface area contributed by atoms with Crippen molar-refractivity contribution in [1.82, 2.24) is 15.3 Å². The number of aromatic nitrogens is 2. The molecular formula is C25H19N3O2S2. The standard InChI is InChI=1S/C25H19N3O2S2/c1-30-18-9-6-16(7-10-18)15-26-25(29)17-8-11-19-20(14-17)28-24(22-5-3-13-32-22)23(27-19)21-4-2-12-31-21/h2-14H,15H2,1H3,(H,26,29). The minimum atomic E-state index is -0.149. The summed E-state index contributed by atoms with van der Waals surface area (Å²) in [5.41, 5.74) is 4.73. The van der Waals surface area contributed by atoms with Crippen molar-refractivity contribution in [3.8, 4) is 26.9 Å². The molecule has 3 heterocycles. The second-order valence-electron chi connectivity index (χ2n) is 7.11. The lowest BCUT2D eigenvalue weighted by molar-refractivity contribution is 0.0951. The molecule has 0 bridgehead atoms. The third-order valence-corrected chi connectivity index (χ3v) is 6.80. The van der Waals surface area contributed by atoms with Gasteiger partial charge in [-0.05, 0) is 58.8 Å². The van der Waals surface area contributed by atoms with E-state index in [0.717, 1.165) is 38.0 Å². The zero-order chi connectivity index (χ0) is 21.9. The van der Waals surface area contributed by atoms with E-state index < -0.39 is 0 Å². The Morgan fingerprint density at radius 3 is 2.12 bits per heavy atom. The highest BCUT2D eigenvalue weighted by molar-refractivity contribution is 7.14. The van der Waals surface area contributed by atoms with Gasteiger partial charge in [-0.25, -0.2) is 9.97 Å². The number of thiophene rings is 2. The molecule has 3 aromatic heterocycles. The first-order valence-corrected chi connectivity index (χ1v) is 11.8. The average molecular weight is 458 g/mol. The van der Waals surface area contributed by atoms with Gasteiger partial charge in [-0.3, -0.25) is 4.79 Å². The molecule has 5 rings (SSSR count). The van der Waals surface area contributed by atoms with Gasteiger partial charge in [0.15, 0.2) is 0 Å². The van der Waals surface area contributed by atoms with Gasteiger partial charge < -0.3 is 10.1 Å². The van der Waals surface area contributed by atoms with Gasteiger partial charge >= 0.3 is 0 Å². The van der Waals surface area contributed by atoms with Crippen LogP contribution in [0.15, 0.2) is 77.5 Å². The molecule has 0 fully saturated rings. The zero-order valence-electron chi connectivity index (χ0n) is 17.2. The molecule has 0 aliphatic carbocycles. The summed E-state index contributed by atoms with van der Waals surface area (Å²) in [5, 5.41) is 7.04. The molecular weight excluding hydrogens is 438 g/mol. The molecule has 0 aliphatic rings. The van der Waals surface area contributed by atoms with Crippen LogP contribution in [-0.4, -0.2) is 23.0 Å². The minimum absolute atomic E-state index is 0.149. The summed E-state index contributed by atoms with van der Waals surface area (Å²) in [5.74, 6) is 0.640. The lowest BCUT2D eigenvalue weighted by Gasteiger charge is -2.10. The van der Waals surface area contributed by atoms with Crippen molar-refractivity contribution in [3.63, 3.8) is 0 Å². The van der Waals surface area contributed by atoms with Gasteiger partial charge in [0.05, 0.1) is 27.9 Å². The maximum absolute atomic E-state index is 12.8. The number of carbonyl (C=O) groups is 1. The average Bonchev–Trinajstić information content (AvgIpc) is 3.56. The Bertz CT molecular complexity index is 1360. The largest absolute Gasteiger partial charge is 0.497 e. The van der Waals surface area contributed by atoms with E-state index in [1.807, 2.05) is 59.3 Å². The van der Waals surface area contributed by atoms with Crippen LogP contribution in [0.4, 0.5) is 0 Å². The van der Waals surface area contributed by atoms with Gasteiger partial charge in [-0.15, -0.1) is 22.7 Å². The van der Waals surface area contributed by atoms with Gasteiger partial charge in [0.25, 0.3) is 5.91 Å². The van der Waals surface area contributed by atoms with Gasteiger partial charge in [0.2, 0.25) is 0 Å². The van der Waals surface area contributed by atoms with Gasteiger partial charge in [0.1, 0.15) is 17.1 Å². The number of amides is 1. The summed E-state index contributed by atoms with van der Waals surface area (Å²) in [6, 6.07) is 21.2. The van der Waals surface area contributed by atoms with E-state index in [1.165, 1.54) is 0 Å². The molecule has 5 aromatic rings. The lowest BCUT2D eigenvalue weighted by Crippen LogP contribution is -2.22. The molecule has 2 aromatic carbocycles. The van der Waals surface area contributed by atoms with Gasteiger partial charge in [-0.2, -0.15) is 0 Å². The number of nitrogens with zero attached hydrogens (tertiary/aromatic N) is 2. The second-order valence-corrected chi connectivity index (χ2v) is 9.01. The summed E-state index contributed by atoms with van der Waals surface area (Å²) >= 11 is 3.27. The van der Waals surface area contributed by atoms with Crippen LogP contribution >= 0.6 is 22.7 Å². The van der Waals surface area contributed by atoms with E-state index in [2.05, 4.69) is 11.4 Å². The molecule has 1 amide bonds. The molecule has 1 N–H and O–H groups in total. The van der Waals surface area contributed by atoms with Crippen LogP contribution < -0.4 is 10.1 Å². The molecule has 0 unspecified atom stereocenters. The Morgan fingerprint density at radius 1 is 0.875 bits per heavy atom. The summed E-state index contributed by atoms with van der Waals surface area (Å²) in [7, 11) is 1.63. The maximum Gasteiger partial charge on any atom is 0.251 e. The number of fused-ring (bicyclic) bond motifs is 1. The number of nitrogens with one attached hydrogen (secondary N) is 1. The molecule has 0 atom stereocenters. The molecule has 0 aliphatic heterocycles. The highest BCUT2D eigenvalue weighted by Crippen LogP contribution is 2.35. The SMILES string of the molecule is COc1ccc(CNC(=O)c2ccc3nc(-c4cccs4)c(-c4cccs4)nc3c2)cc1. The monoisotopic (exact) mass is 457 g/mol. The lowest BCUT2D eigenvalue weighted by atomic mass is 10.1. The zero-order valence-corrected chi connectivity index (χ0v) is 18.9. The van der Waals surface area contributed by atoms with Crippen LogP contribution in [0.25, 0.3) is 32.2 Å². The van der Waals surface area contributed by atoms with E-state index >= 15 is 0 Å². The number of rotatable bonds is 6. The first kappa shape index (κ1) is 20.4. The van der Waals surface area contributed by atoms with Crippen molar-refractivity contribution >= 4 is 39.6 Å². The van der Waals surface area contributed by atoms with E-state index in [0.29, 0.717) is 17.6 Å². The quantitative estimate of drug-likeness (QED) is 0.338. The molecule has 32 heavy (non-hydrogen) atoms. The number of carbonyl (C=O) groups excluding carboxylic acids is 1. The molecule has 7 heteroatoms. The van der Waals surface area contributed by atoms with E-state index in [-0.39, 0.29) is 5.91 Å². The Morgan fingerprint density at radius 2 is 1.53 bits per heavy atom. The van der Waals surface area contributed by atoms with Gasteiger partial charge in [0, 0.05) is 12.1 Å². The fourth-order valence-electron chi connectivity index (χ4n) is 3.39. The predicted molar refractivity (Wildman–Crippen MR) is 130 cm³/mol. The summed E-state index contributed by atoms with van der Waals surface area (Å²) < 4.78 is 5.17. The van der Waals surface area contributed by atoms with Crippen LogP contribution in [0.2, 0.25) is 0 Å². The Balaban J connectivity index is 1.45. The molecule has 0 radical (unpaired) electrons. The molecule has 0 saturated heterocycles. The van der Waals surface area contributed by atoms with Crippen LogP contribution in [0.5, 0.6) is 5.75 Å². The second kappa shape index (κ2) is 8.90. The highest BCUT2D eigenvalue weighted by Gasteiger charge is 2.16. The van der Waals surface area contributed by atoms with E-state index in [9.17, 15) is 4.79 Å². The smallest absolute Gasteiger partial charge is 0.251 e. The minimum Gasteiger partial charge on any atom is -0.497 e. The number of ether oxygens (including phenoxy) is 1. The molecule has 0 spiro atoms. The number of hydrogen-bond donors (Lipinski definition) is 1. The fraction of sp³-hybridized carbons (Fsp3) is 0.0800. The third-order valence-electron chi connectivity index (χ3n) is 5.05. The van der Waals surface area contributed by atoms with E-state index in [1.54, 1.807) is 41.9 Å². The molecule has 158 valence electrons. The van der Waals surface area contributed by atoms with Crippen molar-refractivity contribution in [2.75, 3.05) is 7.11 Å². The Kier molecular flexibility index (Phi) is 5.66. The van der Waals surface area contributed by atoms with Crippen LogP contribution in [-0.2, 0) is 6.54 Å². The maximum atomic E-state index is 12.8. The first-order chi connectivity index (χ1) is 15.7. The third kappa shape index (κ3) is 4.12. The number of methoxy groups -OCH3 is 1. The first-order valence-electron chi connectivity index (χ1n) is 10.0. The fourth-order valence-corrected chi connectivity index (χ4v) is 4.82. The summed E-state index contributed by atoms with van der Waals surface area (Å²) in [6.45, 7) is 0.435. The predicted octanol–water partition coefficient (Wildman–Crippen LogP) is 6.03. The normalized spacial score (nSPS) is 10.9. The van der Waals surface area contributed by atoms with Crippen LogP contribution in [0, 0.1) is 0 Å². The Labute approximate surface area is 193 Å². The van der Waals surface area contributed by atoms with Crippen molar-refractivity contribution in [2.45, 2.75) is 6.54 Å². The molecule has 0 saturated carbocycles. The van der Waals surface area contributed by atoms with Crippen LogP contribution in [0.1, 0.15) is 15.9 Å². The van der Waals surface area contributed by atoms with Crippen molar-refractivity contribution < 1.29 is 9.53 Å². The number of hydrogen-bond acceptors (Lipinski definition) is 6. The van der Waals surface area contributed by atoms with Crippen LogP contribution in [0.3, 0.4) is 0 Å². The number of benzene rings is 2. The summed E-state index contributed by atoms with van der Waals surface area (Å²) in [4.78, 5) is 24.7. The van der Waals surface area contributed by atoms with Crippen molar-refractivity contribution in [1.29, 1.82) is 0 Å². The highest BCUT2D eigenvalue weighted by atomic mass is 32.1. The molecule has 5 nitrogen and oxygen atoms in total. The van der Waals surface area contributed by atoms with Gasteiger partial charge in [-0.1, -0.05) is 24.3 Å².